The van der Waals surface area contributed by atoms with E-state index in [4.69, 9.17) is 16.3 Å². The molecule has 0 aliphatic rings. The van der Waals surface area contributed by atoms with Crippen LogP contribution in [0.4, 0.5) is 4.39 Å². The molecule has 0 unspecified atom stereocenters. The third-order valence-corrected chi connectivity index (χ3v) is 5.28. The van der Waals surface area contributed by atoms with E-state index >= 15 is 4.39 Å². The molecule has 0 N–H and O–H groups in total. The average Bonchev–Trinajstić information content (AvgIpc) is 2.78. The molecule has 0 fully saturated rings. The van der Waals surface area contributed by atoms with Gasteiger partial charge in [0.2, 0.25) is 0 Å². The van der Waals surface area contributed by atoms with Crippen LogP contribution in [0.5, 0.6) is 5.75 Å². The molecule has 0 radical (unpaired) electrons. The Labute approximate surface area is 180 Å². The van der Waals surface area contributed by atoms with Gasteiger partial charge in [0, 0.05) is 16.0 Å². The first kappa shape index (κ1) is 20.1. The minimum Gasteiger partial charge on any atom is -0.488 e. The lowest BCUT2D eigenvalue weighted by molar-refractivity contribution is 0.362. The first-order valence-electron chi connectivity index (χ1n) is 9.80. The van der Waals surface area contributed by atoms with Gasteiger partial charge in [-0.3, -0.25) is 4.98 Å². The second kappa shape index (κ2) is 9.10. The fourth-order valence-electron chi connectivity index (χ4n) is 3.41. The molecule has 0 aliphatic carbocycles. The Morgan fingerprint density at radius 3 is 2.53 bits per heavy atom. The van der Waals surface area contributed by atoms with E-state index in [1.165, 1.54) is 0 Å². The molecule has 0 amide bonds. The SMILES string of the molecule is C=CCOc1ccc(-c2ccc3c(F)c(CCc4ccc(Cl)cc4)ccc3c2)nc1. The van der Waals surface area contributed by atoms with Crippen molar-refractivity contribution in [3.63, 3.8) is 0 Å². The fraction of sp³-hybridized carbons (Fsp3) is 0.115. The van der Waals surface area contributed by atoms with Crippen molar-refractivity contribution >= 4 is 22.4 Å². The Balaban J connectivity index is 1.54. The number of hydrogen-bond acceptors (Lipinski definition) is 2. The first-order valence-corrected chi connectivity index (χ1v) is 10.2. The second-order valence-corrected chi connectivity index (χ2v) is 7.52. The molecule has 150 valence electrons. The Bertz CT molecular complexity index is 1170. The topological polar surface area (TPSA) is 22.1 Å². The third kappa shape index (κ3) is 4.52. The van der Waals surface area contributed by atoms with Crippen molar-refractivity contribution in [2.75, 3.05) is 6.61 Å². The van der Waals surface area contributed by atoms with Crippen LogP contribution >= 0.6 is 11.6 Å². The quantitative estimate of drug-likeness (QED) is 0.301. The highest BCUT2D eigenvalue weighted by atomic mass is 35.5. The number of ether oxygens (including phenoxy) is 1. The van der Waals surface area contributed by atoms with Crippen molar-refractivity contribution in [3.05, 3.63) is 108 Å². The fourth-order valence-corrected chi connectivity index (χ4v) is 3.54. The molecule has 0 spiro atoms. The molecule has 1 heterocycles. The third-order valence-electron chi connectivity index (χ3n) is 5.03. The lowest BCUT2D eigenvalue weighted by Gasteiger charge is -2.09. The zero-order valence-electron chi connectivity index (χ0n) is 16.4. The monoisotopic (exact) mass is 417 g/mol. The summed E-state index contributed by atoms with van der Waals surface area (Å²) in [7, 11) is 0. The average molecular weight is 418 g/mol. The van der Waals surface area contributed by atoms with E-state index in [2.05, 4.69) is 11.6 Å². The number of halogens is 2. The Morgan fingerprint density at radius 1 is 0.967 bits per heavy atom. The first-order chi connectivity index (χ1) is 14.6. The van der Waals surface area contributed by atoms with Crippen LogP contribution in [0.25, 0.3) is 22.0 Å². The molecule has 0 atom stereocenters. The summed E-state index contributed by atoms with van der Waals surface area (Å²) in [6.07, 6.45) is 4.78. The van der Waals surface area contributed by atoms with E-state index in [9.17, 15) is 0 Å². The van der Waals surface area contributed by atoms with Crippen molar-refractivity contribution in [2.24, 2.45) is 0 Å². The standard InChI is InChI=1S/C26H21ClFNO/c1-2-15-30-23-12-14-25(29-17-23)21-9-13-24-20(16-21)8-7-19(26(24)28)6-3-18-4-10-22(27)11-5-18/h2,4-5,7-14,16-17H,1,3,6,15H2. The molecule has 0 bridgehead atoms. The van der Waals surface area contributed by atoms with Crippen molar-refractivity contribution < 1.29 is 9.13 Å². The summed E-state index contributed by atoms with van der Waals surface area (Å²) in [5.74, 6) is 0.532. The van der Waals surface area contributed by atoms with Gasteiger partial charge in [-0.25, -0.2) is 4.39 Å². The number of benzene rings is 3. The highest BCUT2D eigenvalue weighted by Gasteiger charge is 2.10. The number of fused-ring (bicyclic) bond motifs is 1. The van der Waals surface area contributed by atoms with Crippen LogP contribution in [0.3, 0.4) is 0 Å². The molecule has 2 nitrogen and oxygen atoms in total. The van der Waals surface area contributed by atoms with Gasteiger partial charge in [0.25, 0.3) is 0 Å². The van der Waals surface area contributed by atoms with Crippen LogP contribution in [0, 0.1) is 5.82 Å². The lowest BCUT2D eigenvalue weighted by atomic mass is 9.98. The lowest BCUT2D eigenvalue weighted by Crippen LogP contribution is -1.96. The van der Waals surface area contributed by atoms with Gasteiger partial charge in [-0.05, 0) is 59.7 Å². The van der Waals surface area contributed by atoms with Gasteiger partial charge in [-0.1, -0.05) is 60.7 Å². The van der Waals surface area contributed by atoms with E-state index in [-0.39, 0.29) is 5.82 Å². The van der Waals surface area contributed by atoms with E-state index in [0.29, 0.717) is 34.7 Å². The minimum atomic E-state index is -0.158. The Kier molecular flexibility index (Phi) is 6.10. The van der Waals surface area contributed by atoms with Gasteiger partial charge < -0.3 is 4.74 Å². The van der Waals surface area contributed by atoms with Gasteiger partial charge in [-0.2, -0.15) is 0 Å². The normalized spacial score (nSPS) is 10.9. The number of hydrogen-bond donors (Lipinski definition) is 0. The van der Waals surface area contributed by atoms with E-state index < -0.39 is 0 Å². The molecular formula is C26H21ClFNO. The Hall–Kier alpha value is -3.17. The van der Waals surface area contributed by atoms with Crippen molar-refractivity contribution in [2.45, 2.75) is 12.8 Å². The molecular weight excluding hydrogens is 397 g/mol. The number of aryl methyl sites for hydroxylation is 2. The summed E-state index contributed by atoms with van der Waals surface area (Å²) in [4.78, 5) is 4.46. The zero-order chi connectivity index (χ0) is 20.9. The van der Waals surface area contributed by atoms with Gasteiger partial charge in [0.05, 0.1) is 11.9 Å². The van der Waals surface area contributed by atoms with E-state index in [1.807, 2.05) is 66.7 Å². The van der Waals surface area contributed by atoms with Gasteiger partial charge >= 0.3 is 0 Å². The summed E-state index contributed by atoms with van der Waals surface area (Å²) >= 11 is 5.93. The summed E-state index contributed by atoms with van der Waals surface area (Å²) in [5, 5.41) is 2.19. The number of aromatic nitrogens is 1. The molecule has 0 saturated carbocycles. The van der Waals surface area contributed by atoms with Crippen LogP contribution in [0.15, 0.2) is 85.6 Å². The summed E-state index contributed by atoms with van der Waals surface area (Å²) < 4.78 is 20.5. The summed E-state index contributed by atoms with van der Waals surface area (Å²) in [6.45, 7) is 4.07. The molecule has 4 aromatic rings. The molecule has 0 saturated heterocycles. The number of pyridine rings is 1. The maximum absolute atomic E-state index is 15.1. The summed E-state index contributed by atoms with van der Waals surface area (Å²) in [6, 6.07) is 21.0. The smallest absolute Gasteiger partial charge is 0.138 e. The van der Waals surface area contributed by atoms with Crippen molar-refractivity contribution in [1.82, 2.24) is 4.98 Å². The molecule has 3 aromatic carbocycles. The maximum Gasteiger partial charge on any atom is 0.138 e. The van der Waals surface area contributed by atoms with Crippen LogP contribution in [-0.2, 0) is 12.8 Å². The second-order valence-electron chi connectivity index (χ2n) is 7.08. The maximum atomic E-state index is 15.1. The molecule has 30 heavy (non-hydrogen) atoms. The number of rotatable bonds is 7. The van der Waals surface area contributed by atoms with Gasteiger partial charge in [-0.15, -0.1) is 0 Å². The molecule has 1 aromatic heterocycles. The zero-order valence-corrected chi connectivity index (χ0v) is 17.2. The predicted molar refractivity (Wildman–Crippen MR) is 122 cm³/mol. The number of nitrogens with zero attached hydrogens (tertiary/aromatic N) is 1. The van der Waals surface area contributed by atoms with Crippen molar-refractivity contribution in [1.29, 1.82) is 0 Å². The van der Waals surface area contributed by atoms with E-state index in [1.54, 1.807) is 12.3 Å². The van der Waals surface area contributed by atoms with E-state index in [0.717, 1.165) is 28.6 Å². The van der Waals surface area contributed by atoms with Crippen LogP contribution < -0.4 is 4.74 Å². The largest absolute Gasteiger partial charge is 0.488 e. The van der Waals surface area contributed by atoms with Crippen LogP contribution in [0.1, 0.15) is 11.1 Å². The van der Waals surface area contributed by atoms with Gasteiger partial charge in [0.1, 0.15) is 18.2 Å². The highest BCUT2D eigenvalue weighted by molar-refractivity contribution is 6.30. The predicted octanol–water partition coefficient (Wildman–Crippen LogP) is 7.04. The van der Waals surface area contributed by atoms with Crippen molar-refractivity contribution in [3.8, 4) is 17.0 Å². The molecule has 4 rings (SSSR count). The minimum absolute atomic E-state index is 0.158. The molecule has 4 heteroatoms. The molecule has 0 aliphatic heterocycles. The van der Waals surface area contributed by atoms with Crippen LogP contribution in [-0.4, -0.2) is 11.6 Å². The summed E-state index contributed by atoms with van der Waals surface area (Å²) in [5.41, 5.74) is 3.61. The van der Waals surface area contributed by atoms with Crippen LogP contribution in [0.2, 0.25) is 5.02 Å². The van der Waals surface area contributed by atoms with Gasteiger partial charge in [0.15, 0.2) is 0 Å². The highest BCUT2D eigenvalue weighted by Crippen LogP contribution is 2.28. The Morgan fingerprint density at radius 2 is 1.80 bits per heavy atom.